The zero-order chi connectivity index (χ0) is 30.7. The number of piperidine rings is 1. The van der Waals surface area contributed by atoms with Crippen molar-refractivity contribution in [2.75, 3.05) is 38.6 Å². The molecule has 1 N–H and O–H groups in total. The maximum atomic E-state index is 15.0. The molecule has 0 aliphatic carbocycles. The molecule has 0 radical (unpaired) electrons. The van der Waals surface area contributed by atoms with Gasteiger partial charge in [-0.1, -0.05) is 30.3 Å². The van der Waals surface area contributed by atoms with Gasteiger partial charge in [-0.3, -0.25) is 14.5 Å². The lowest BCUT2D eigenvalue weighted by Gasteiger charge is -2.50. The Bertz CT molecular complexity index is 1710. The Kier molecular flexibility index (Phi) is 6.88. The topological polar surface area (TPSA) is 79.0 Å². The fourth-order valence-corrected chi connectivity index (χ4v) is 7.14. The van der Waals surface area contributed by atoms with Crippen LogP contribution in [-0.4, -0.2) is 60.9 Å². The number of amides is 2. The van der Waals surface area contributed by atoms with Crippen molar-refractivity contribution in [3.8, 4) is 0 Å². The number of para-hydroxylation sites is 1. The van der Waals surface area contributed by atoms with Gasteiger partial charge in [-0.15, -0.1) is 0 Å². The van der Waals surface area contributed by atoms with Crippen molar-refractivity contribution in [1.82, 2.24) is 9.80 Å². The zero-order valence-electron chi connectivity index (χ0n) is 23.3. The Labute approximate surface area is 244 Å². The average Bonchev–Trinajstić information content (AvgIpc) is 3.42. The van der Waals surface area contributed by atoms with Crippen LogP contribution in [-0.2, 0) is 19.9 Å². The largest absolute Gasteiger partial charge is 0.450 e. The van der Waals surface area contributed by atoms with Gasteiger partial charge in [0.05, 0.1) is 18.6 Å². The second-order valence-corrected chi connectivity index (χ2v) is 11.0. The normalized spacial score (nSPS) is 26.0. The summed E-state index contributed by atoms with van der Waals surface area (Å²) in [6, 6.07) is 13.3. The maximum Gasteiger partial charge on any atom is 0.410 e. The molecule has 43 heavy (non-hydrogen) atoms. The van der Waals surface area contributed by atoms with E-state index < -0.39 is 57.9 Å². The number of halogens is 4. The molecule has 7 nitrogen and oxygen atoms in total. The SMILES string of the molecule is CCOC(=O)N1C/C(=C\c2ccc(F)c(F)c2)C(=O)[C@@]2(C1)[C@H](c1ccc(F)c(F)c1)CN(C)[C@]21C(=O)Nc2ccccc21. The summed E-state index contributed by atoms with van der Waals surface area (Å²) >= 11 is 0. The number of ketones is 1. The van der Waals surface area contributed by atoms with E-state index in [4.69, 9.17) is 4.74 Å². The van der Waals surface area contributed by atoms with E-state index in [2.05, 4.69) is 5.32 Å². The van der Waals surface area contributed by atoms with E-state index in [1.807, 2.05) is 0 Å². The number of carbonyl (C=O) groups excluding carboxylic acids is 3. The number of rotatable bonds is 3. The minimum atomic E-state index is -1.78. The summed E-state index contributed by atoms with van der Waals surface area (Å²) in [5, 5.41) is 2.88. The molecule has 3 heterocycles. The molecule has 3 aromatic rings. The van der Waals surface area contributed by atoms with Crippen molar-refractivity contribution in [3.63, 3.8) is 0 Å². The highest BCUT2D eigenvalue weighted by Crippen LogP contribution is 2.64. The predicted octanol–water partition coefficient (Wildman–Crippen LogP) is 5.23. The van der Waals surface area contributed by atoms with E-state index in [0.29, 0.717) is 11.3 Å². The Morgan fingerprint density at radius 2 is 1.70 bits per heavy atom. The van der Waals surface area contributed by atoms with Crippen molar-refractivity contribution in [2.45, 2.75) is 18.4 Å². The summed E-state index contributed by atoms with van der Waals surface area (Å²) in [6.45, 7) is 1.17. The number of anilines is 1. The lowest BCUT2D eigenvalue weighted by atomic mass is 9.56. The number of likely N-dealkylation sites (N-methyl/N-ethyl adjacent to an activating group) is 1. The van der Waals surface area contributed by atoms with E-state index in [0.717, 1.165) is 24.3 Å². The molecular weight excluding hydrogens is 566 g/mol. The number of likely N-dealkylation sites (tertiary alicyclic amines) is 2. The number of benzene rings is 3. The number of hydrogen-bond acceptors (Lipinski definition) is 5. The van der Waals surface area contributed by atoms with Gasteiger partial charge in [-0.2, -0.15) is 0 Å². The minimum Gasteiger partial charge on any atom is -0.450 e. The van der Waals surface area contributed by atoms with Crippen molar-refractivity contribution in [1.29, 1.82) is 0 Å². The van der Waals surface area contributed by atoms with Crippen LogP contribution in [0.4, 0.5) is 28.0 Å². The van der Waals surface area contributed by atoms with Gasteiger partial charge in [0.15, 0.2) is 29.1 Å². The van der Waals surface area contributed by atoms with Crippen LogP contribution in [0.15, 0.2) is 66.2 Å². The van der Waals surface area contributed by atoms with Crippen LogP contribution in [0.5, 0.6) is 0 Å². The first-order valence-electron chi connectivity index (χ1n) is 13.7. The molecule has 2 fully saturated rings. The number of nitrogens with zero attached hydrogens (tertiary/aromatic N) is 2. The van der Waals surface area contributed by atoms with Crippen molar-refractivity contribution >= 4 is 29.5 Å². The number of fused-ring (bicyclic) bond motifs is 3. The summed E-state index contributed by atoms with van der Waals surface area (Å²) in [5.41, 5.74) is -2.07. The highest BCUT2D eigenvalue weighted by Gasteiger charge is 2.75. The molecule has 2 spiro atoms. The standard InChI is InChI=1S/C32H27F4N3O4/c1-3-43-30(42)39-15-20(12-18-8-10-23(33)25(35)13-18)28(40)31(17-39)22(19-9-11-24(34)26(36)14-19)16-38(2)32(31)21-6-4-5-7-27(21)37-29(32)41/h4-14,22H,3,15-17H2,1-2H3,(H,37,41)/b20-12+/t22-,31+,32+/m0/s1. The molecule has 3 atom stereocenters. The molecule has 2 amide bonds. The molecule has 6 rings (SSSR count). The van der Waals surface area contributed by atoms with Gasteiger partial charge in [0, 0.05) is 35.8 Å². The fourth-order valence-electron chi connectivity index (χ4n) is 7.14. The Morgan fingerprint density at radius 1 is 1.00 bits per heavy atom. The smallest absolute Gasteiger partial charge is 0.410 e. The van der Waals surface area contributed by atoms with Crippen molar-refractivity contribution in [2.24, 2.45) is 5.41 Å². The van der Waals surface area contributed by atoms with Crippen LogP contribution in [0.3, 0.4) is 0 Å². The molecule has 2 saturated heterocycles. The van der Waals surface area contributed by atoms with Gasteiger partial charge in [-0.25, -0.2) is 22.4 Å². The number of carbonyl (C=O) groups is 3. The van der Waals surface area contributed by atoms with Gasteiger partial charge >= 0.3 is 6.09 Å². The van der Waals surface area contributed by atoms with E-state index in [1.165, 1.54) is 23.1 Å². The summed E-state index contributed by atoms with van der Waals surface area (Å²) in [4.78, 5) is 45.6. The highest BCUT2D eigenvalue weighted by atomic mass is 19.2. The third kappa shape index (κ3) is 4.09. The second-order valence-electron chi connectivity index (χ2n) is 11.0. The van der Waals surface area contributed by atoms with Crippen LogP contribution >= 0.6 is 0 Å². The number of ether oxygens (including phenoxy) is 1. The van der Waals surface area contributed by atoms with Crippen molar-refractivity contribution < 1.29 is 36.7 Å². The quantitative estimate of drug-likeness (QED) is 0.333. The number of hydrogen-bond donors (Lipinski definition) is 1. The van der Waals surface area contributed by atoms with Crippen LogP contribution in [0, 0.1) is 28.7 Å². The van der Waals surface area contributed by atoms with Crippen molar-refractivity contribution in [3.05, 3.63) is 106 Å². The first kappa shape index (κ1) is 28.6. The zero-order valence-corrected chi connectivity index (χ0v) is 23.3. The lowest BCUT2D eigenvalue weighted by Crippen LogP contribution is -2.66. The predicted molar refractivity (Wildman–Crippen MR) is 149 cm³/mol. The third-order valence-electron chi connectivity index (χ3n) is 8.82. The molecule has 0 unspecified atom stereocenters. The lowest BCUT2D eigenvalue weighted by molar-refractivity contribution is -0.146. The highest BCUT2D eigenvalue weighted by molar-refractivity contribution is 6.16. The summed E-state index contributed by atoms with van der Waals surface area (Å²) in [5.74, 6) is -6.38. The average molecular weight is 594 g/mol. The van der Waals surface area contributed by atoms with Gasteiger partial charge in [-0.05, 0) is 61.5 Å². The molecule has 222 valence electrons. The fraction of sp³-hybridized carbons (Fsp3) is 0.281. The third-order valence-corrected chi connectivity index (χ3v) is 8.82. The molecule has 3 aliphatic rings. The van der Waals surface area contributed by atoms with Crippen LogP contribution in [0.1, 0.15) is 29.5 Å². The number of Topliss-reactive ketones (excluding diaryl/α,β-unsaturated/α-hetero) is 1. The van der Waals surface area contributed by atoms with E-state index >= 15 is 4.79 Å². The van der Waals surface area contributed by atoms with E-state index in [1.54, 1.807) is 43.1 Å². The molecule has 0 aromatic heterocycles. The summed E-state index contributed by atoms with van der Waals surface area (Å²) in [7, 11) is 1.67. The second kappa shape index (κ2) is 10.3. The first-order valence-corrected chi connectivity index (χ1v) is 13.7. The first-order chi connectivity index (χ1) is 20.5. The van der Waals surface area contributed by atoms with Gasteiger partial charge in [0.1, 0.15) is 5.54 Å². The van der Waals surface area contributed by atoms with E-state index in [-0.39, 0.29) is 42.9 Å². The monoisotopic (exact) mass is 593 g/mol. The van der Waals surface area contributed by atoms with Crippen LogP contribution < -0.4 is 5.32 Å². The molecular formula is C32H27F4N3O4. The molecule has 0 saturated carbocycles. The Morgan fingerprint density at radius 3 is 2.40 bits per heavy atom. The molecule has 0 bridgehead atoms. The van der Waals surface area contributed by atoms with Crippen LogP contribution in [0.25, 0.3) is 6.08 Å². The summed E-state index contributed by atoms with van der Waals surface area (Å²) < 4.78 is 62.0. The number of nitrogens with one attached hydrogen (secondary N) is 1. The summed E-state index contributed by atoms with van der Waals surface area (Å²) in [6.07, 6.45) is 0.594. The minimum absolute atomic E-state index is 0.0272. The van der Waals surface area contributed by atoms with Gasteiger partial charge in [0.2, 0.25) is 0 Å². The molecule has 11 heteroatoms. The van der Waals surface area contributed by atoms with E-state index in [9.17, 15) is 27.2 Å². The maximum absolute atomic E-state index is 15.0. The van der Waals surface area contributed by atoms with Gasteiger partial charge in [0.25, 0.3) is 5.91 Å². The molecule has 3 aliphatic heterocycles. The Hall–Kier alpha value is -4.51. The van der Waals surface area contributed by atoms with Gasteiger partial charge < -0.3 is 15.0 Å². The van der Waals surface area contributed by atoms with Crippen LogP contribution in [0.2, 0.25) is 0 Å². The molecule has 3 aromatic carbocycles. The Balaban J connectivity index is 1.65.